The molecule has 0 aliphatic rings. The van der Waals surface area contributed by atoms with Crippen molar-refractivity contribution in [1.82, 2.24) is 4.98 Å². The predicted molar refractivity (Wildman–Crippen MR) is 45.4 cm³/mol. The summed E-state index contributed by atoms with van der Waals surface area (Å²) >= 11 is 0. The van der Waals surface area contributed by atoms with Gasteiger partial charge >= 0.3 is 6.18 Å². The lowest BCUT2D eigenvalue weighted by atomic mass is 10.2. The Morgan fingerprint density at radius 3 is 2.50 bits per heavy atom. The van der Waals surface area contributed by atoms with E-state index in [0.717, 1.165) is 12.3 Å². The average Bonchev–Trinajstić information content (AvgIpc) is 2.14. The molecule has 0 radical (unpaired) electrons. The minimum absolute atomic E-state index is 0.152. The van der Waals surface area contributed by atoms with E-state index in [4.69, 9.17) is 5.11 Å². The molecule has 0 saturated heterocycles. The standard InChI is InChI=1S/C9H8F3NO/c10-9(11,12)8-4-3-7(6-13-8)2-1-5-14/h1-4,6,14H,5H2. The Balaban J connectivity index is 2.84. The van der Waals surface area contributed by atoms with E-state index in [1.54, 1.807) is 0 Å². The summed E-state index contributed by atoms with van der Waals surface area (Å²) in [6.45, 7) is -0.152. The number of aliphatic hydroxyl groups is 1. The van der Waals surface area contributed by atoms with Crippen LogP contribution < -0.4 is 0 Å². The molecule has 0 fully saturated rings. The van der Waals surface area contributed by atoms with E-state index in [1.807, 2.05) is 0 Å². The third-order valence-electron chi connectivity index (χ3n) is 1.49. The van der Waals surface area contributed by atoms with Gasteiger partial charge in [0.1, 0.15) is 5.69 Å². The molecule has 0 aliphatic heterocycles. The molecule has 76 valence electrons. The number of halogens is 3. The third-order valence-corrected chi connectivity index (χ3v) is 1.49. The van der Waals surface area contributed by atoms with Gasteiger partial charge in [0.2, 0.25) is 0 Å². The minimum Gasteiger partial charge on any atom is -0.392 e. The van der Waals surface area contributed by atoms with Crippen LogP contribution in [-0.2, 0) is 6.18 Å². The summed E-state index contributed by atoms with van der Waals surface area (Å²) in [5.74, 6) is 0. The van der Waals surface area contributed by atoms with Crippen LogP contribution in [0, 0.1) is 0 Å². The monoisotopic (exact) mass is 203 g/mol. The number of aromatic nitrogens is 1. The Labute approximate surface area is 78.7 Å². The molecule has 0 unspecified atom stereocenters. The van der Waals surface area contributed by atoms with Gasteiger partial charge in [0.05, 0.1) is 6.61 Å². The largest absolute Gasteiger partial charge is 0.433 e. The quantitative estimate of drug-likeness (QED) is 0.798. The molecular weight excluding hydrogens is 195 g/mol. The molecule has 0 aliphatic carbocycles. The molecule has 0 aromatic carbocycles. The Hall–Kier alpha value is -1.36. The Morgan fingerprint density at radius 1 is 1.36 bits per heavy atom. The van der Waals surface area contributed by atoms with Gasteiger partial charge in [-0.05, 0) is 11.6 Å². The number of alkyl halides is 3. The van der Waals surface area contributed by atoms with Crippen LogP contribution >= 0.6 is 0 Å². The van der Waals surface area contributed by atoms with Gasteiger partial charge in [-0.2, -0.15) is 13.2 Å². The van der Waals surface area contributed by atoms with E-state index in [-0.39, 0.29) is 6.61 Å². The first-order chi connectivity index (χ1) is 6.54. The van der Waals surface area contributed by atoms with Gasteiger partial charge < -0.3 is 5.11 Å². The van der Waals surface area contributed by atoms with Crippen molar-refractivity contribution >= 4 is 6.08 Å². The van der Waals surface area contributed by atoms with Crippen molar-refractivity contribution in [1.29, 1.82) is 0 Å². The summed E-state index contributed by atoms with van der Waals surface area (Å²) < 4.78 is 36.2. The molecule has 0 saturated carbocycles. The van der Waals surface area contributed by atoms with Gasteiger partial charge in [-0.3, -0.25) is 4.98 Å². The Bertz CT molecular complexity index is 316. The van der Waals surface area contributed by atoms with Crippen molar-refractivity contribution in [2.75, 3.05) is 6.61 Å². The predicted octanol–water partition coefficient (Wildman–Crippen LogP) is 2.11. The Morgan fingerprint density at radius 2 is 2.07 bits per heavy atom. The zero-order chi connectivity index (χ0) is 10.6. The molecule has 1 heterocycles. The highest BCUT2D eigenvalue weighted by molar-refractivity contribution is 5.47. The smallest absolute Gasteiger partial charge is 0.392 e. The van der Waals surface area contributed by atoms with Gasteiger partial charge in [0, 0.05) is 6.20 Å². The van der Waals surface area contributed by atoms with Crippen molar-refractivity contribution in [3.05, 3.63) is 35.7 Å². The maximum atomic E-state index is 12.1. The van der Waals surface area contributed by atoms with Crippen molar-refractivity contribution in [2.45, 2.75) is 6.18 Å². The number of pyridine rings is 1. The normalized spacial score (nSPS) is 12.3. The van der Waals surface area contributed by atoms with Gasteiger partial charge in [0.15, 0.2) is 0 Å². The molecule has 0 spiro atoms. The lowest BCUT2D eigenvalue weighted by molar-refractivity contribution is -0.141. The van der Waals surface area contributed by atoms with E-state index in [2.05, 4.69) is 4.98 Å². The van der Waals surface area contributed by atoms with Crippen LogP contribution in [-0.4, -0.2) is 16.7 Å². The maximum absolute atomic E-state index is 12.1. The zero-order valence-electron chi connectivity index (χ0n) is 7.12. The highest BCUT2D eigenvalue weighted by Gasteiger charge is 2.31. The van der Waals surface area contributed by atoms with E-state index >= 15 is 0 Å². The SMILES string of the molecule is OCC=Cc1ccc(C(F)(F)F)nc1. The molecule has 1 N–H and O–H groups in total. The summed E-state index contributed by atoms with van der Waals surface area (Å²) in [7, 11) is 0. The summed E-state index contributed by atoms with van der Waals surface area (Å²) in [6.07, 6.45) is -0.383. The summed E-state index contributed by atoms with van der Waals surface area (Å²) in [5.41, 5.74) is -0.398. The summed E-state index contributed by atoms with van der Waals surface area (Å²) in [4.78, 5) is 3.24. The lowest BCUT2D eigenvalue weighted by Gasteiger charge is -2.04. The fourth-order valence-electron chi connectivity index (χ4n) is 0.860. The molecule has 0 amide bonds. The number of nitrogens with zero attached hydrogens (tertiary/aromatic N) is 1. The first-order valence-corrected chi connectivity index (χ1v) is 3.84. The topological polar surface area (TPSA) is 33.1 Å². The van der Waals surface area contributed by atoms with Gasteiger partial charge in [0.25, 0.3) is 0 Å². The molecule has 1 rings (SSSR count). The summed E-state index contributed by atoms with van der Waals surface area (Å²) in [5, 5.41) is 8.42. The zero-order valence-corrected chi connectivity index (χ0v) is 7.12. The molecule has 1 aromatic rings. The van der Waals surface area contributed by atoms with Crippen LogP contribution in [0.25, 0.3) is 6.08 Å². The fraction of sp³-hybridized carbons (Fsp3) is 0.222. The van der Waals surface area contributed by atoms with Gasteiger partial charge in [-0.15, -0.1) is 0 Å². The van der Waals surface area contributed by atoms with Crippen LogP contribution in [0.2, 0.25) is 0 Å². The Kier molecular flexibility index (Phi) is 3.24. The second-order valence-corrected chi connectivity index (χ2v) is 2.56. The van der Waals surface area contributed by atoms with Crippen LogP contribution in [0.1, 0.15) is 11.3 Å². The van der Waals surface area contributed by atoms with Crippen molar-refractivity contribution in [3.8, 4) is 0 Å². The molecule has 14 heavy (non-hydrogen) atoms. The van der Waals surface area contributed by atoms with Gasteiger partial charge in [-0.1, -0.05) is 18.2 Å². The lowest BCUT2D eigenvalue weighted by Crippen LogP contribution is -2.07. The first kappa shape index (κ1) is 10.7. The maximum Gasteiger partial charge on any atom is 0.433 e. The molecule has 0 atom stereocenters. The minimum atomic E-state index is -4.40. The number of aliphatic hydroxyl groups excluding tert-OH is 1. The van der Waals surface area contributed by atoms with Crippen molar-refractivity contribution in [3.63, 3.8) is 0 Å². The number of rotatable bonds is 2. The molecule has 0 bridgehead atoms. The molecule has 2 nitrogen and oxygen atoms in total. The van der Waals surface area contributed by atoms with E-state index < -0.39 is 11.9 Å². The second kappa shape index (κ2) is 4.23. The number of hydrogen-bond acceptors (Lipinski definition) is 2. The van der Waals surface area contributed by atoms with E-state index in [0.29, 0.717) is 5.56 Å². The van der Waals surface area contributed by atoms with E-state index in [1.165, 1.54) is 18.2 Å². The summed E-state index contributed by atoms with van der Waals surface area (Å²) in [6, 6.07) is 2.19. The van der Waals surface area contributed by atoms with E-state index in [9.17, 15) is 13.2 Å². The van der Waals surface area contributed by atoms with Crippen molar-refractivity contribution in [2.24, 2.45) is 0 Å². The van der Waals surface area contributed by atoms with Crippen LogP contribution in [0.15, 0.2) is 24.4 Å². The van der Waals surface area contributed by atoms with Crippen LogP contribution in [0.4, 0.5) is 13.2 Å². The fourth-order valence-corrected chi connectivity index (χ4v) is 0.860. The highest BCUT2D eigenvalue weighted by atomic mass is 19.4. The third kappa shape index (κ3) is 2.85. The number of hydrogen-bond donors (Lipinski definition) is 1. The first-order valence-electron chi connectivity index (χ1n) is 3.84. The molecular formula is C9H8F3NO. The average molecular weight is 203 g/mol. The second-order valence-electron chi connectivity index (χ2n) is 2.56. The van der Waals surface area contributed by atoms with Crippen molar-refractivity contribution < 1.29 is 18.3 Å². The van der Waals surface area contributed by atoms with Crippen LogP contribution in [0.3, 0.4) is 0 Å². The molecule has 5 heteroatoms. The van der Waals surface area contributed by atoms with Gasteiger partial charge in [-0.25, -0.2) is 0 Å². The molecule has 1 aromatic heterocycles. The highest BCUT2D eigenvalue weighted by Crippen LogP contribution is 2.27. The van der Waals surface area contributed by atoms with Crippen LogP contribution in [0.5, 0.6) is 0 Å².